The summed E-state index contributed by atoms with van der Waals surface area (Å²) in [4.78, 5) is 14.1. The van der Waals surface area contributed by atoms with Crippen molar-refractivity contribution in [1.29, 1.82) is 0 Å². The van der Waals surface area contributed by atoms with Crippen LogP contribution in [-0.4, -0.2) is 44.5 Å². The van der Waals surface area contributed by atoms with E-state index >= 15 is 0 Å². The maximum absolute atomic E-state index is 11.6. The molecule has 1 fully saturated rings. The molecule has 0 amide bonds. The molecule has 0 atom stereocenters. The molecule has 0 spiro atoms. The molecule has 1 aliphatic carbocycles. The number of aldehydes is 1. The fourth-order valence-corrected chi connectivity index (χ4v) is 4.11. The largest absolute Gasteiger partial charge is 0.497 e. The maximum Gasteiger partial charge on any atom is 0.149 e. The smallest absolute Gasteiger partial charge is 0.149 e. The summed E-state index contributed by atoms with van der Waals surface area (Å²) in [7, 11) is 1.66. The van der Waals surface area contributed by atoms with Crippen LogP contribution in [0.1, 0.15) is 36.8 Å². The first-order valence-corrected chi connectivity index (χ1v) is 10.8. The average Bonchev–Trinajstić information content (AvgIpc) is 2.80. The molecule has 2 aromatic rings. The average molecular weight is 408 g/mol. The second kappa shape index (κ2) is 9.81. The summed E-state index contributed by atoms with van der Waals surface area (Å²) in [5, 5.41) is 0. The number of hydrogen-bond acceptors (Lipinski definition) is 5. The lowest BCUT2D eigenvalue weighted by Crippen LogP contribution is -2.33. The molecule has 0 aromatic heterocycles. The van der Waals surface area contributed by atoms with Crippen LogP contribution in [0.25, 0.3) is 5.76 Å². The third-order valence-corrected chi connectivity index (χ3v) is 5.82. The summed E-state index contributed by atoms with van der Waals surface area (Å²) in [5.41, 5.74) is 2.77. The van der Waals surface area contributed by atoms with Crippen LogP contribution in [0.5, 0.6) is 17.2 Å². The van der Waals surface area contributed by atoms with Crippen molar-refractivity contribution in [3.8, 4) is 17.2 Å². The molecule has 0 saturated carbocycles. The number of hydrogen-bond donors (Lipinski definition) is 0. The third-order valence-electron chi connectivity index (χ3n) is 5.82. The molecule has 0 radical (unpaired) electrons. The number of carbonyl (C=O) groups is 1. The number of carbonyl (C=O) groups excluding carboxylic acids is 1. The number of nitrogens with zero attached hydrogens (tertiary/aromatic N) is 1. The monoisotopic (exact) mass is 407 g/mol. The standard InChI is InChI=1S/C25H29NO4/c1-28-23-11-12-24-19(17-23)5-6-20(18-27)25(24)30-22-9-7-21(8-10-22)29-16-15-26-13-3-2-4-14-26/h7-12,17-18H,2-6,13-16H2,1H3. The number of ether oxygens (including phenoxy) is 3. The normalized spacial score (nSPS) is 16.7. The summed E-state index contributed by atoms with van der Waals surface area (Å²) >= 11 is 0. The molecule has 1 aliphatic heterocycles. The minimum atomic E-state index is 0.632. The minimum Gasteiger partial charge on any atom is -0.497 e. The Kier molecular flexibility index (Phi) is 6.70. The Hall–Kier alpha value is -2.79. The second-order valence-electron chi connectivity index (χ2n) is 7.82. The van der Waals surface area contributed by atoms with E-state index in [1.807, 2.05) is 42.5 Å². The highest BCUT2D eigenvalue weighted by molar-refractivity contribution is 5.88. The first kappa shape index (κ1) is 20.5. The third kappa shape index (κ3) is 4.85. The van der Waals surface area contributed by atoms with Gasteiger partial charge in [-0.2, -0.15) is 0 Å². The minimum absolute atomic E-state index is 0.632. The van der Waals surface area contributed by atoms with Crippen molar-refractivity contribution < 1.29 is 19.0 Å². The van der Waals surface area contributed by atoms with Crippen molar-refractivity contribution in [1.82, 2.24) is 4.90 Å². The molecule has 0 N–H and O–H groups in total. The van der Waals surface area contributed by atoms with Crippen LogP contribution in [0.15, 0.2) is 48.0 Å². The Balaban J connectivity index is 1.41. The first-order chi connectivity index (χ1) is 14.8. The highest BCUT2D eigenvalue weighted by Gasteiger charge is 2.21. The van der Waals surface area contributed by atoms with Gasteiger partial charge in [0.15, 0.2) is 0 Å². The molecule has 5 heteroatoms. The molecule has 0 unspecified atom stereocenters. The molecular weight excluding hydrogens is 378 g/mol. The summed E-state index contributed by atoms with van der Waals surface area (Å²) in [5.74, 6) is 2.97. The number of methoxy groups -OCH3 is 1. The van der Waals surface area contributed by atoms with Gasteiger partial charge in [0.1, 0.15) is 35.9 Å². The predicted molar refractivity (Wildman–Crippen MR) is 117 cm³/mol. The van der Waals surface area contributed by atoms with Gasteiger partial charge in [0, 0.05) is 17.7 Å². The number of fused-ring (bicyclic) bond motifs is 1. The van der Waals surface area contributed by atoms with Crippen molar-refractivity contribution in [2.24, 2.45) is 0 Å². The number of likely N-dealkylation sites (tertiary alicyclic amines) is 1. The molecule has 158 valence electrons. The quantitative estimate of drug-likeness (QED) is 0.603. The van der Waals surface area contributed by atoms with E-state index in [-0.39, 0.29) is 0 Å². The highest BCUT2D eigenvalue weighted by atomic mass is 16.5. The summed E-state index contributed by atoms with van der Waals surface area (Å²) in [6.07, 6.45) is 6.30. The van der Waals surface area contributed by atoms with Crippen molar-refractivity contribution >= 4 is 12.0 Å². The van der Waals surface area contributed by atoms with Gasteiger partial charge in [-0.3, -0.25) is 9.69 Å². The summed E-state index contributed by atoms with van der Waals surface area (Å²) in [6, 6.07) is 13.5. The second-order valence-corrected chi connectivity index (χ2v) is 7.82. The van der Waals surface area contributed by atoms with E-state index in [1.54, 1.807) is 7.11 Å². The van der Waals surface area contributed by atoms with Crippen LogP contribution in [0.2, 0.25) is 0 Å². The van der Waals surface area contributed by atoms with E-state index in [2.05, 4.69) is 4.90 Å². The lowest BCUT2D eigenvalue weighted by Gasteiger charge is -2.26. The zero-order valence-corrected chi connectivity index (χ0v) is 17.6. The molecular formula is C25H29NO4. The lowest BCUT2D eigenvalue weighted by molar-refractivity contribution is -0.105. The van der Waals surface area contributed by atoms with Crippen molar-refractivity contribution in [2.45, 2.75) is 32.1 Å². The Bertz CT molecular complexity index is 898. The molecule has 4 rings (SSSR count). The number of allylic oxidation sites excluding steroid dienone is 1. The van der Waals surface area contributed by atoms with Gasteiger partial charge < -0.3 is 14.2 Å². The fourth-order valence-electron chi connectivity index (χ4n) is 4.11. The van der Waals surface area contributed by atoms with Crippen LogP contribution in [0.4, 0.5) is 0 Å². The highest BCUT2D eigenvalue weighted by Crippen LogP contribution is 2.35. The van der Waals surface area contributed by atoms with E-state index < -0.39 is 0 Å². The first-order valence-electron chi connectivity index (χ1n) is 10.8. The van der Waals surface area contributed by atoms with Gasteiger partial charge in [-0.15, -0.1) is 0 Å². The van der Waals surface area contributed by atoms with Gasteiger partial charge in [-0.05, 0) is 86.8 Å². The van der Waals surface area contributed by atoms with Gasteiger partial charge >= 0.3 is 0 Å². The van der Waals surface area contributed by atoms with Gasteiger partial charge in [-0.1, -0.05) is 6.42 Å². The lowest BCUT2D eigenvalue weighted by atomic mass is 9.91. The molecule has 30 heavy (non-hydrogen) atoms. The van der Waals surface area contributed by atoms with E-state index in [0.717, 1.165) is 41.9 Å². The van der Waals surface area contributed by atoms with Crippen molar-refractivity contribution in [3.63, 3.8) is 0 Å². The van der Waals surface area contributed by atoms with Gasteiger partial charge in [0.2, 0.25) is 0 Å². The van der Waals surface area contributed by atoms with Gasteiger partial charge in [-0.25, -0.2) is 0 Å². The zero-order valence-electron chi connectivity index (χ0n) is 17.6. The molecule has 1 saturated heterocycles. The van der Waals surface area contributed by atoms with Crippen molar-refractivity contribution in [2.75, 3.05) is 33.4 Å². The Morgan fingerprint density at radius 3 is 2.40 bits per heavy atom. The van der Waals surface area contributed by atoms with Gasteiger partial charge in [0.25, 0.3) is 0 Å². The summed E-state index contributed by atoms with van der Waals surface area (Å²) in [6.45, 7) is 4.01. The molecule has 2 aliphatic rings. The Morgan fingerprint density at radius 1 is 0.933 bits per heavy atom. The van der Waals surface area contributed by atoms with E-state index in [4.69, 9.17) is 14.2 Å². The van der Waals surface area contributed by atoms with Crippen LogP contribution in [0, 0.1) is 0 Å². The van der Waals surface area contributed by atoms with E-state index in [1.165, 1.54) is 32.4 Å². The predicted octanol–water partition coefficient (Wildman–Crippen LogP) is 4.50. The van der Waals surface area contributed by atoms with Crippen molar-refractivity contribution in [3.05, 3.63) is 59.2 Å². The number of aryl methyl sites for hydroxylation is 1. The number of piperidine rings is 1. The number of benzene rings is 2. The SMILES string of the molecule is COc1ccc2c(c1)CCC(C=O)=C2Oc1ccc(OCCN2CCCCC2)cc1. The molecule has 0 bridgehead atoms. The number of rotatable bonds is 8. The van der Waals surface area contributed by atoms with Crippen LogP contribution < -0.4 is 14.2 Å². The van der Waals surface area contributed by atoms with E-state index in [9.17, 15) is 4.79 Å². The Morgan fingerprint density at radius 2 is 1.67 bits per heavy atom. The fraction of sp³-hybridized carbons (Fsp3) is 0.400. The Labute approximate surface area is 178 Å². The van der Waals surface area contributed by atoms with Gasteiger partial charge in [0.05, 0.1) is 7.11 Å². The molecule has 2 aromatic carbocycles. The zero-order chi connectivity index (χ0) is 20.8. The molecule has 1 heterocycles. The van der Waals surface area contributed by atoms with Crippen LogP contribution in [-0.2, 0) is 11.2 Å². The van der Waals surface area contributed by atoms with Crippen LogP contribution in [0.3, 0.4) is 0 Å². The van der Waals surface area contributed by atoms with Crippen LogP contribution >= 0.6 is 0 Å². The maximum atomic E-state index is 11.6. The topological polar surface area (TPSA) is 48.0 Å². The van der Waals surface area contributed by atoms with E-state index in [0.29, 0.717) is 30.1 Å². The summed E-state index contributed by atoms with van der Waals surface area (Å²) < 4.78 is 17.4. The molecule has 5 nitrogen and oxygen atoms in total.